The Bertz CT molecular complexity index is 1580. The van der Waals surface area contributed by atoms with Crippen LogP contribution >= 0.6 is 0 Å². The number of aromatic nitrogens is 2. The summed E-state index contributed by atoms with van der Waals surface area (Å²) in [6.07, 6.45) is 0. The number of hydrogen-bond acceptors (Lipinski definition) is 10. The number of anilines is 2. The molecule has 1 aromatic heterocycles. The van der Waals surface area contributed by atoms with Gasteiger partial charge < -0.3 is 40.5 Å². The molecule has 1 heterocycles. The van der Waals surface area contributed by atoms with Crippen molar-refractivity contribution in [2.24, 2.45) is 0 Å². The van der Waals surface area contributed by atoms with Crippen molar-refractivity contribution < 1.29 is 48.3 Å². The first-order valence-corrected chi connectivity index (χ1v) is 11.6. The van der Waals surface area contributed by atoms with Gasteiger partial charge in [0, 0.05) is 6.07 Å². The average Bonchev–Trinajstić information content (AvgIpc) is 2.92. The molecule has 0 aliphatic rings. The van der Waals surface area contributed by atoms with Crippen LogP contribution in [0.15, 0.2) is 48.5 Å². The summed E-state index contributed by atoms with van der Waals surface area (Å²) in [7, 11) is 0. The lowest BCUT2D eigenvalue weighted by molar-refractivity contribution is -0.135. The molecule has 0 fully saturated rings. The fourth-order valence-electron chi connectivity index (χ4n) is 3.63. The second-order valence-corrected chi connectivity index (χ2v) is 8.18. The number of carboxylic acid groups (broad SMARTS) is 2. The summed E-state index contributed by atoms with van der Waals surface area (Å²) in [5, 5.41) is 44.3. The van der Waals surface area contributed by atoms with Gasteiger partial charge in [-0.25, -0.2) is 9.37 Å². The van der Waals surface area contributed by atoms with E-state index in [1.807, 2.05) is 0 Å². The van der Waals surface area contributed by atoms with Gasteiger partial charge >= 0.3 is 11.9 Å². The lowest BCUT2D eigenvalue weighted by Gasteiger charge is -2.17. The normalized spacial score (nSPS) is 10.8. The molecule has 0 unspecified atom stereocenters. The molecular formula is C26H22F2N4O8. The minimum absolute atomic E-state index is 0.0258. The highest BCUT2D eigenvalue weighted by Gasteiger charge is 2.19. The summed E-state index contributed by atoms with van der Waals surface area (Å²) in [6, 6.07) is 11.1. The maximum Gasteiger partial charge on any atom is 0.322 e. The number of aromatic hydroxyl groups is 2. The SMILES string of the molecule is O=C(O)CNc1cc(O)c(-c2nc(O)c3ccccc3n2)cc1OCCOc1c(NCC(=O)O)ccc(F)c1F. The highest BCUT2D eigenvalue weighted by Crippen LogP contribution is 2.38. The maximum atomic E-state index is 14.3. The van der Waals surface area contributed by atoms with E-state index in [0.717, 1.165) is 12.1 Å². The Morgan fingerprint density at radius 2 is 1.52 bits per heavy atom. The molecule has 0 amide bonds. The topological polar surface area (TPSA) is 183 Å². The summed E-state index contributed by atoms with van der Waals surface area (Å²) in [5.41, 5.74) is 0.437. The second-order valence-electron chi connectivity index (χ2n) is 8.18. The average molecular weight is 556 g/mol. The molecule has 12 nitrogen and oxygen atoms in total. The van der Waals surface area contributed by atoms with Gasteiger partial charge in [0.25, 0.3) is 0 Å². The molecule has 4 rings (SSSR count). The van der Waals surface area contributed by atoms with Crippen molar-refractivity contribution in [3.05, 3.63) is 60.2 Å². The fourth-order valence-corrected chi connectivity index (χ4v) is 3.63. The van der Waals surface area contributed by atoms with Crippen LogP contribution in [0.4, 0.5) is 20.2 Å². The number of nitrogens with one attached hydrogen (secondary N) is 2. The predicted octanol–water partition coefficient (Wildman–Crippen LogP) is 3.44. The van der Waals surface area contributed by atoms with E-state index in [-0.39, 0.29) is 53.4 Å². The number of halogens is 2. The zero-order valence-electron chi connectivity index (χ0n) is 20.5. The first-order chi connectivity index (χ1) is 19.1. The molecule has 6 N–H and O–H groups in total. The number of hydrogen-bond donors (Lipinski definition) is 6. The molecule has 0 aliphatic carbocycles. The smallest absolute Gasteiger partial charge is 0.322 e. The molecule has 40 heavy (non-hydrogen) atoms. The number of phenols is 1. The monoisotopic (exact) mass is 556 g/mol. The lowest BCUT2D eigenvalue weighted by atomic mass is 10.1. The van der Waals surface area contributed by atoms with Gasteiger partial charge in [-0.2, -0.15) is 9.37 Å². The number of rotatable bonds is 12. The van der Waals surface area contributed by atoms with Crippen molar-refractivity contribution in [3.8, 4) is 34.5 Å². The number of ether oxygens (including phenoxy) is 2. The summed E-state index contributed by atoms with van der Waals surface area (Å²) in [6.45, 7) is -1.71. The minimum atomic E-state index is -1.33. The molecule has 0 bridgehead atoms. The lowest BCUT2D eigenvalue weighted by Crippen LogP contribution is -2.16. The molecule has 0 saturated carbocycles. The van der Waals surface area contributed by atoms with Gasteiger partial charge in [0.05, 0.1) is 27.8 Å². The summed E-state index contributed by atoms with van der Waals surface area (Å²) in [5.74, 6) is -6.21. The third-order valence-corrected chi connectivity index (χ3v) is 5.42. The van der Waals surface area contributed by atoms with Crippen LogP contribution in [0.1, 0.15) is 0 Å². The van der Waals surface area contributed by atoms with Gasteiger partial charge in [-0.05, 0) is 30.3 Å². The predicted molar refractivity (Wildman–Crippen MR) is 138 cm³/mol. The fraction of sp³-hybridized carbons (Fsp3) is 0.154. The van der Waals surface area contributed by atoms with E-state index in [1.54, 1.807) is 24.3 Å². The molecule has 3 aromatic carbocycles. The van der Waals surface area contributed by atoms with Gasteiger partial charge in [0.15, 0.2) is 17.4 Å². The van der Waals surface area contributed by atoms with E-state index in [1.165, 1.54) is 12.1 Å². The number of carbonyl (C=O) groups is 2. The molecular weight excluding hydrogens is 534 g/mol. The Morgan fingerprint density at radius 3 is 2.25 bits per heavy atom. The maximum absolute atomic E-state index is 14.3. The Morgan fingerprint density at radius 1 is 0.850 bits per heavy atom. The molecule has 208 valence electrons. The Hall–Kier alpha value is -5.40. The van der Waals surface area contributed by atoms with E-state index in [0.29, 0.717) is 10.9 Å². The Balaban J connectivity index is 1.58. The first kappa shape index (κ1) is 27.6. The molecule has 4 aromatic rings. The second kappa shape index (κ2) is 12.0. The third kappa shape index (κ3) is 6.35. The molecule has 0 atom stereocenters. The van der Waals surface area contributed by atoms with E-state index < -0.39 is 42.4 Å². The number of phenolic OH excluding ortho intramolecular Hbond substituents is 1. The van der Waals surface area contributed by atoms with E-state index in [9.17, 15) is 28.6 Å². The standard InChI is InChI=1S/C26H22F2N4O8/c27-15-5-6-17(29-11-21(34)35)24(23(15)28)40-8-7-39-20-9-14(19(33)10-18(20)30-12-22(36)37)25-31-16-4-2-1-3-13(16)26(38)32-25/h1-6,9-10,29-30,33H,7-8,11-12H2,(H,34,35)(H,36,37)(H,31,32,38). The Kier molecular flexibility index (Phi) is 8.27. The number of aliphatic carboxylic acids is 2. The first-order valence-electron chi connectivity index (χ1n) is 11.6. The molecule has 0 saturated heterocycles. The van der Waals surface area contributed by atoms with Crippen molar-refractivity contribution in [2.45, 2.75) is 0 Å². The number of nitrogens with zero attached hydrogens (tertiary/aromatic N) is 2. The number of para-hydroxylation sites is 1. The quantitative estimate of drug-likeness (QED) is 0.140. The molecule has 14 heteroatoms. The van der Waals surface area contributed by atoms with Crippen LogP contribution < -0.4 is 20.1 Å². The van der Waals surface area contributed by atoms with E-state index >= 15 is 0 Å². The van der Waals surface area contributed by atoms with Crippen LogP contribution in [-0.2, 0) is 9.59 Å². The van der Waals surface area contributed by atoms with Crippen LogP contribution in [0, 0.1) is 11.6 Å². The largest absolute Gasteiger partial charge is 0.507 e. The van der Waals surface area contributed by atoms with Crippen molar-refractivity contribution in [1.82, 2.24) is 9.97 Å². The number of benzene rings is 3. The van der Waals surface area contributed by atoms with E-state index in [2.05, 4.69) is 20.6 Å². The number of carboxylic acids is 2. The minimum Gasteiger partial charge on any atom is -0.507 e. The summed E-state index contributed by atoms with van der Waals surface area (Å²) >= 11 is 0. The van der Waals surface area contributed by atoms with Crippen molar-refractivity contribution in [3.63, 3.8) is 0 Å². The third-order valence-electron chi connectivity index (χ3n) is 5.42. The van der Waals surface area contributed by atoms with E-state index in [4.69, 9.17) is 19.7 Å². The van der Waals surface area contributed by atoms with Crippen LogP contribution in [0.5, 0.6) is 23.1 Å². The van der Waals surface area contributed by atoms with Crippen LogP contribution in [0.3, 0.4) is 0 Å². The summed E-state index contributed by atoms with van der Waals surface area (Å²) in [4.78, 5) is 30.3. The zero-order chi connectivity index (χ0) is 28.8. The van der Waals surface area contributed by atoms with Gasteiger partial charge in [0.1, 0.15) is 37.8 Å². The molecule has 0 aliphatic heterocycles. The highest BCUT2D eigenvalue weighted by molar-refractivity contribution is 5.86. The Labute approximate surface area is 224 Å². The van der Waals surface area contributed by atoms with Gasteiger partial charge in [-0.15, -0.1) is 0 Å². The van der Waals surface area contributed by atoms with Crippen LogP contribution in [0.2, 0.25) is 0 Å². The molecule has 0 spiro atoms. The van der Waals surface area contributed by atoms with Crippen LogP contribution in [0.25, 0.3) is 22.3 Å². The highest BCUT2D eigenvalue weighted by atomic mass is 19.2. The van der Waals surface area contributed by atoms with Crippen molar-refractivity contribution in [2.75, 3.05) is 36.9 Å². The van der Waals surface area contributed by atoms with Crippen molar-refractivity contribution in [1.29, 1.82) is 0 Å². The summed E-state index contributed by atoms with van der Waals surface area (Å²) < 4.78 is 39.1. The van der Waals surface area contributed by atoms with Crippen molar-refractivity contribution >= 4 is 34.2 Å². The zero-order valence-corrected chi connectivity index (χ0v) is 20.5. The van der Waals surface area contributed by atoms with Gasteiger partial charge in [0.2, 0.25) is 11.7 Å². The van der Waals surface area contributed by atoms with Gasteiger partial charge in [-0.1, -0.05) is 12.1 Å². The van der Waals surface area contributed by atoms with Gasteiger partial charge in [-0.3, -0.25) is 9.59 Å². The number of fused-ring (bicyclic) bond motifs is 1. The van der Waals surface area contributed by atoms with Crippen LogP contribution in [-0.4, -0.2) is 68.6 Å². The molecule has 0 radical (unpaired) electrons.